The first-order valence-corrected chi connectivity index (χ1v) is 7.12. The lowest BCUT2D eigenvalue weighted by Crippen LogP contribution is -2.24. The van der Waals surface area contributed by atoms with E-state index in [1.807, 2.05) is 4.90 Å². The van der Waals surface area contributed by atoms with Gasteiger partial charge in [0.25, 0.3) is 0 Å². The van der Waals surface area contributed by atoms with Gasteiger partial charge in [0.05, 0.1) is 0 Å². The summed E-state index contributed by atoms with van der Waals surface area (Å²) in [7, 11) is 1.78. The van der Waals surface area contributed by atoms with Crippen LogP contribution in [0.15, 0.2) is 42.5 Å². The molecule has 0 unspecified atom stereocenters. The summed E-state index contributed by atoms with van der Waals surface area (Å²) in [5, 5.41) is 2.49. The van der Waals surface area contributed by atoms with Gasteiger partial charge in [0.15, 0.2) is 11.6 Å². The molecule has 0 spiro atoms. The molecule has 0 aliphatic heterocycles. The van der Waals surface area contributed by atoms with Crippen molar-refractivity contribution in [3.63, 3.8) is 0 Å². The van der Waals surface area contributed by atoms with Crippen LogP contribution in [0.25, 0.3) is 0 Å². The Balaban J connectivity index is 1.81. The Morgan fingerprint density at radius 3 is 2.48 bits per heavy atom. The van der Waals surface area contributed by atoms with Crippen LogP contribution < -0.4 is 5.32 Å². The molecule has 1 amide bonds. The zero-order valence-corrected chi connectivity index (χ0v) is 12.7. The summed E-state index contributed by atoms with van der Waals surface area (Å²) < 4.78 is 39.4. The molecule has 23 heavy (non-hydrogen) atoms. The lowest BCUT2D eigenvalue weighted by Gasteiger charge is -2.16. The van der Waals surface area contributed by atoms with E-state index in [0.29, 0.717) is 18.7 Å². The average Bonchev–Trinajstić information content (AvgIpc) is 2.51. The molecule has 0 atom stereocenters. The number of anilines is 1. The summed E-state index contributed by atoms with van der Waals surface area (Å²) in [4.78, 5) is 13.6. The molecule has 2 aromatic carbocycles. The van der Waals surface area contributed by atoms with Gasteiger partial charge >= 0.3 is 0 Å². The molecule has 0 radical (unpaired) electrons. The maximum Gasteiger partial charge on any atom is 0.225 e. The molecule has 0 aromatic heterocycles. The van der Waals surface area contributed by atoms with E-state index in [2.05, 4.69) is 5.32 Å². The second-order valence-electron chi connectivity index (χ2n) is 5.26. The number of rotatable bonds is 6. The fraction of sp³-hybridized carbons (Fsp3) is 0.235. The van der Waals surface area contributed by atoms with Crippen LogP contribution in [0, 0.1) is 17.5 Å². The molecule has 0 saturated carbocycles. The molecule has 2 aromatic rings. The summed E-state index contributed by atoms with van der Waals surface area (Å²) in [5.41, 5.74) is 0.752. The molecular formula is C17H17F3N2O. The van der Waals surface area contributed by atoms with Crippen LogP contribution in [0.2, 0.25) is 0 Å². The van der Waals surface area contributed by atoms with Gasteiger partial charge in [-0.3, -0.25) is 4.79 Å². The van der Waals surface area contributed by atoms with Crippen molar-refractivity contribution in [1.29, 1.82) is 0 Å². The van der Waals surface area contributed by atoms with Crippen LogP contribution in [0.3, 0.4) is 0 Å². The van der Waals surface area contributed by atoms with Crippen molar-refractivity contribution in [2.45, 2.75) is 13.0 Å². The maximum atomic E-state index is 13.5. The van der Waals surface area contributed by atoms with Gasteiger partial charge in [-0.2, -0.15) is 0 Å². The Morgan fingerprint density at radius 2 is 1.78 bits per heavy atom. The molecule has 1 N–H and O–H groups in total. The zero-order chi connectivity index (χ0) is 16.8. The Morgan fingerprint density at radius 1 is 1.04 bits per heavy atom. The van der Waals surface area contributed by atoms with Gasteiger partial charge in [-0.15, -0.1) is 0 Å². The summed E-state index contributed by atoms with van der Waals surface area (Å²) >= 11 is 0. The number of nitrogens with one attached hydrogen (secondary N) is 1. The molecule has 6 heteroatoms. The minimum Gasteiger partial charge on any atom is -0.326 e. The second kappa shape index (κ2) is 7.78. The normalized spacial score (nSPS) is 10.8. The third kappa shape index (κ3) is 5.10. The monoisotopic (exact) mass is 322 g/mol. The van der Waals surface area contributed by atoms with Gasteiger partial charge in [-0.1, -0.05) is 18.2 Å². The highest BCUT2D eigenvalue weighted by atomic mass is 19.2. The minimum atomic E-state index is -1.01. The van der Waals surface area contributed by atoms with Crippen molar-refractivity contribution in [2.75, 3.05) is 18.9 Å². The van der Waals surface area contributed by atoms with Crippen molar-refractivity contribution in [2.24, 2.45) is 0 Å². The first kappa shape index (κ1) is 17.0. The van der Waals surface area contributed by atoms with Gasteiger partial charge in [-0.25, -0.2) is 13.2 Å². The van der Waals surface area contributed by atoms with Crippen LogP contribution in [0.1, 0.15) is 12.0 Å². The Kier molecular flexibility index (Phi) is 5.76. The fourth-order valence-electron chi connectivity index (χ4n) is 2.09. The molecule has 3 nitrogen and oxygen atoms in total. The Bertz CT molecular complexity index is 691. The molecule has 0 saturated heterocycles. The Hall–Kier alpha value is -2.34. The van der Waals surface area contributed by atoms with E-state index in [1.165, 1.54) is 12.1 Å². The molecular weight excluding hydrogens is 305 g/mol. The number of halogens is 3. The lowest BCUT2D eigenvalue weighted by molar-refractivity contribution is -0.116. The van der Waals surface area contributed by atoms with Crippen molar-refractivity contribution < 1.29 is 18.0 Å². The number of benzene rings is 2. The number of carbonyl (C=O) groups excluding carboxylic acids is 1. The van der Waals surface area contributed by atoms with Crippen LogP contribution >= 0.6 is 0 Å². The van der Waals surface area contributed by atoms with Gasteiger partial charge < -0.3 is 10.2 Å². The zero-order valence-electron chi connectivity index (χ0n) is 12.7. The van der Waals surface area contributed by atoms with Gasteiger partial charge in [0.1, 0.15) is 5.82 Å². The van der Waals surface area contributed by atoms with E-state index >= 15 is 0 Å². The second-order valence-corrected chi connectivity index (χ2v) is 5.26. The third-order valence-corrected chi connectivity index (χ3v) is 3.32. The maximum absolute atomic E-state index is 13.5. The van der Waals surface area contributed by atoms with Gasteiger partial charge in [0.2, 0.25) is 5.91 Å². The number of hydrogen-bond donors (Lipinski definition) is 1. The number of amides is 1. The van der Waals surface area contributed by atoms with E-state index in [1.54, 1.807) is 25.2 Å². The van der Waals surface area contributed by atoms with E-state index in [0.717, 1.165) is 12.1 Å². The first-order chi connectivity index (χ1) is 11.0. The van der Waals surface area contributed by atoms with Crippen molar-refractivity contribution in [3.05, 3.63) is 65.5 Å². The smallest absolute Gasteiger partial charge is 0.225 e. The number of carbonyl (C=O) groups is 1. The van der Waals surface area contributed by atoms with Crippen molar-refractivity contribution in [3.8, 4) is 0 Å². The lowest BCUT2D eigenvalue weighted by atomic mass is 10.2. The summed E-state index contributed by atoms with van der Waals surface area (Å²) in [6, 6.07) is 9.62. The quantitative estimate of drug-likeness (QED) is 0.882. The third-order valence-electron chi connectivity index (χ3n) is 3.32. The van der Waals surface area contributed by atoms with E-state index in [-0.39, 0.29) is 23.8 Å². The highest BCUT2D eigenvalue weighted by Crippen LogP contribution is 2.13. The topological polar surface area (TPSA) is 32.3 Å². The molecule has 122 valence electrons. The summed E-state index contributed by atoms with van der Waals surface area (Å²) in [6.45, 7) is 0.787. The van der Waals surface area contributed by atoms with Crippen molar-refractivity contribution >= 4 is 11.6 Å². The summed E-state index contributed by atoms with van der Waals surface area (Å²) in [5.74, 6) is -2.59. The first-order valence-electron chi connectivity index (χ1n) is 7.12. The molecule has 0 aliphatic rings. The minimum absolute atomic E-state index is 0.157. The SMILES string of the molecule is CN(CCC(=O)Nc1ccc(F)c(F)c1)Cc1ccccc1F. The predicted octanol–water partition coefficient (Wildman–Crippen LogP) is 3.56. The predicted molar refractivity (Wildman–Crippen MR) is 82.3 cm³/mol. The highest BCUT2D eigenvalue weighted by molar-refractivity contribution is 5.90. The standard InChI is InChI=1S/C17H17F3N2O/c1-22(11-12-4-2-3-5-14(12)18)9-8-17(23)21-13-6-7-15(19)16(20)10-13/h2-7,10H,8-9,11H2,1H3,(H,21,23). The molecule has 0 heterocycles. The average molecular weight is 322 g/mol. The van der Waals surface area contributed by atoms with Crippen molar-refractivity contribution in [1.82, 2.24) is 4.90 Å². The van der Waals surface area contributed by atoms with E-state index in [9.17, 15) is 18.0 Å². The molecule has 0 bridgehead atoms. The molecule has 0 fully saturated rings. The fourth-order valence-corrected chi connectivity index (χ4v) is 2.09. The number of hydrogen-bond acceptors (Lipinski definition) is 2. The molecule has 0 aliphatic carbocycles. The largest absolute Gasteiger partial charge is 0.326 e. The van der Waals surface area contributed by atoms with Gasteiger partial charge in [0, 0.05) is 36.8 Å². The Labute approximate surface area is 132 Å². The van der Waals surface area contributed by atoms with Crippen LogP contribution in [-0.2, 0) is 11.3 Å². The van der Waals surface area contributed by atoms with Crippen LogP contribution in [0.4, 0.5) is 18.9 Å². The van der Waals surface area contributed by atoms with E-state index in [4.69, 9.17) is 0 Å². The number of nitrogens with zero attached hydrogens (tertiary/aromatic N) is 1. The highest BCUT2D eigenvalue weighted by Gasteiger charge is 2.09. The van der Waals surface area contributed by atoms with Crippen LogP contribution in [0.5, 0.6) is 0 Å². The van der Waals surface area contributed by atoms with Crippen LogP contribution in [-0.4, -0.2) is 24.4 Å². The van der Waals surface area contributed by atoms with Gasteiger partial charge in [-0.05, 0) is 25.2 Å². The summed E-state index contributed by atoms with van der Waals surface area (Å²) in [6.07, 6.45) is 0.157. The molecule has 2 rings (SSSR count). The van der Waals surface area contributed by atoms with E-state index < -0.39 is 11.6 Å².